The van der Waals surface area contributed by atoms with E-state index < -0.39 is 0 Å². The molecule has 1 aromatic carbocycles. The number of benzene rings is 1. The Balaban J connectivity index is 1.29. The van der Waals surface area contributed by atoms with Crippen molar-refractivity contribution < 1.29 is 4.52 Å². The Morgan fingerprint density at radius 3 is 2.42 bits per heavy atom. The summed E-state index contributed by atoms with van der Waals surface area (Å²) in [4.78, 5) is 9.55. The minimum atomic E-state index is 0.566. The van der Waals surface area contributed by atoms with Gasteiger partial charge in [-0.2, -0.15) is 4.98 Å². The van der Waals surface area contributed by atoms with Crippen LogP contribution in [0.4, 0.5) is 0 Å². The molecule has 4 rings (SSSR count). The fourth-order valence-electron chi connectivity index (χ4n) is 3.32. The Kier molecular flexibility index (Phi) is 4.63. The van der Waals surface area contributed by atoms with Gasteiger partial charge in [0, 0.05) is 25.6 Å². The standard InChI is InChI=1S/C19H26N4O/c1-15-3-5-16(6-4-15)13-22-9-2-10-23(12-11-22)14-18-20-19(21-24-18)17-7-8-17/h3-6,17H,2,7-14H2,1H3. The third kappa shape index (κ3) is 4.02. The third-order valence-corrected chi connectivity index (χ3v) is 4.99. The van der Waals surface area contributed by atoms with Gasteiger partial charge in [0.05, 0.1) is 6.54 Å². The van der Waals surface area contributed by atoms with Crippen LogP contribution in [0.25, 0.3) is 0 Å². The van der Waals surface area contributed by atoms with E-state index in [0.29, 0.717) is 5.92 Å². The number of hydrogen-bond acceptors (Lipinski definition) is 5. The summed E-state index contributed by atoms with van der Waals surface area (Å²) >= 11 is 0. The molecule has 1 aromatic heterocycles. The highest BCUT2D eigenvalue weighted by atomic mass is 16.5. The Hall–Kier alpha value is -1.72. The summed E-state index contributed by atoms with van der Waals surface area (Å²) in [5.41, 5.74) is 2.73. The van der Waals surface area contributed by atoms with Crippen molar-refractivity contribution in [2.45, 2.75) is 45.2 Å². The number of aromatic nitrogens is 2. The van der Waals surface area contributed by atoms with Gasteiger partial charge in [-0.25, -0.2) is 0 Å². The van der Waals surface area contributed by atoms with Crippen molar-refractivity contribution in [3.8, 4) is 0 Å². The second kappa shape index (κ2) is 7.03. The van der Waals surface area contributed by atoms with Crippen LogP contribution in [0.1, 0.15) is 48.0 Å². The number of nitrogens with zero attached hydrogens (tertiary/aromatic N) is 4. The molecule has 5 heteroatoms. The molecule has 2 heterocycles. The van der Waals surface area contributed by atoms with E-state index in [1.54, 1.807) is 0 Å². The lowest BCUT2D eigenvalue weighted by atomic mass is 10.1. The minimum Gasteiger partial charge on any atom is -0.338 e. The molecular weight excluding hydrogens is 300 g/mol. The van der Waals surface area contributed by atoms with Gasteiger partial charge in [-0.15, -0.1) is 0 Å². The van der Waals surface area contributed by atoms with Crippen LogP contribution in [0.2, 0.25) is 0 Å². The van der Waals surface area contributed by atoms with Crippen molar-refractivity contribution in [3.05, 3.63) is 47.1 Å². The van der Waals surface area contributed by atoms with Gasteiger partial charge in [-0.1, -0.05) is 35.0 Å². The van der Waals surface area contributed by atoms with Crippen molar-refractivity contribution in [1.29, 1.82) is 0 Å². The number of aryl methyl sites for hydroxylation is 1. The van der Waals surface area contributed by atoms with Gasteiger partial charge in [0.2, 0.25) is 5.89 Å². The smallest absolute Gasteiger partial charge is 0.240 e. The summed E-state index contributed by atoms with van der Waals surface area (Å²) in [7, 11) is 0. The molecule has 2 fully saturated rings. The van der Waals surface area contributed by atoms with Crippen LogP contribution < -0.4 is 0 Å². The highest BCUT2D eigenvalue weighted by molar-refractivity contribution is 5.21. The molecule has 1 aliphatic heterocycles. The molecule has 1 aliphatic carbocycles. The van der Waals surface area contributed by atoms with E-state index in [2.05, 4.69) is 51.1 Å². The van der Waals surface area contributed by atoms with Crippen LogP contribution in [-0.4, -0.2) is 46.1 Å². The third-order valence-electron chi connectivity index (χ3n) is 4.99. The maximum Gasteiger partial charge on any atom is 0.240 e. The zero-order valence-electron chi connectivity index (χ0n) is 14.4. The van der Waals surface area contributed by atoms with Crippen LogP contribution in [0.15, 0.2) is 28.8 Å². The number of rotatable bonds is 5. The predicted octanol–water partition coefficient (Wildman–Crippen LogP) is 2.96. The Bertz CT molecular complexity index is 662. The summed E-state index contributed by atoms with van der Waals surface area (Å²) in [5, 5.41) is 4.12. The summed E-state index contributed by atoms with van der Waals surface area (Å²) in [6.45, 7) is 8.38. The molecule has 0 bridgehead atoms. The fourth-order valence-corrected chi connectivity index (χ4v) is 3.32. The molecule has 128 valence electrons. The van der Waals surface area contributed by atoms with Crippen molar-refractivity contribution in [1.82, 2.24) is 19.9 Å². The highest BCUT2D eigenvalue weighted by Crippen LogP contribution is 2.38. The van der Waals surface area contributed by atoms with Crippen LogP contribution in [0, 0.1) is 6.92 Å². The molecule has 0 N–H and O–H groups in total. The molecule has 24 heavy (non-hydrogen) atoms. The van der Waals surface area contributed by atoms with Crippen molar-refractivity contribution in [2.24, 2.45) is 0 Å². The molecule has 2 aromatic rings. The maximum atomic E-state index is 5.43. The molecule has 0 amide bonds. The average molecular weight is 326 g/mol. The highest BCUT2D eigenvalue weighted by Gasteiger charge is 2.29. The second-order valence-corrected chi connectivity index (χ2v) is 7.21. The van der Waals surface area contributed by atoms with Gasteiger partial charge in [0.15, 0.2) is 5.82 Å². The van der Waals surface area contributed by atoms with Crippen LogP contribution in [0.5, 0.6) is 0 Å². The lowest BCUT2D eigenvalue weighted by Crippen LogP contribution is -2.30. The van der Waals surface area contributed by atoms with Crippen molar-refractivity contribution >= 4 is 0 Å². The molecular formula is C19H26N4O. The second-order valence-electron chi connectivity index (χ2n) is 7.21. The first-order valence-corrected chi connectivity index (χ1v) is 9.09. The molecule has 1 saturated heterocycles. The van der Waals surface area contributed by atoms with E-state index in [9.17, 15) is 0 Å². The SMILES string of the molecule is Cc1ccc(CN2CCCN(Cc3nc(C4CC4)no3)CC2)cc1. The summed E-state index contributed by atoms with van der Waals surface area (Å²) < 4.78 is 5.43. The van der Waals surface area contributed by atoms with Gasteiger partial charge in [0.25, 0.3) is 0 Å². The minimum absolute atomic E-state index is 0.566. The average Bonchev–Trinajstić information content (AvgIpc) is 3.36. The van der Waals surface area contributed by atoms with Crippen LogP contribution in [-0.2, 0) is 13.1 Å². The Morgan fingerprint density at radius 2 is 1.71 bits per heavy atom. The van der Waals surface area contributed by atoms with Gasteiger partial charge in [0.1, 0.15) is 0 Å². The van der Waals surface area contributed by atoms with E-state index in [0.717, 1.165) is 51.0 Å². The van der Waals surface area contributed by atoms with E-state index in [1.165, 1.54) is 30.4 Å². The molecule has 1 saturated carbocycles. The lowest BCUT2D eigenvalue weighted by Gasteiger charge is -2.21. The van der Waals surface area contributed by atoms with E-state index in [-0.39, 0.29) is 0 Å². The predicted molar refractivity (Wildman–Crippen MR) is 92.6 cm³/mol. The van der Waals surface area contributed by atoms with Gasteiger partial charge >= 0.3 is 0 Å². The van der Waals surface area contributed by atoms with Gasteiger partial charge in [-0.3, -0.25) is 9.80 Å². The first kappa shape index (κ1) is 15.8. The molecule has 2 aliphatic rings. The fraction of sp³-hybridized carbons (Fsp3) is 0.579. The zero-order valence-corrected chi connectivity index (χ0v) is 14.4. The van der Waals surface area contributed by atoms with E-state index in [4.69, 9.17) is 4.52 Å². The van der Waals surface area contributed by atoms with Crippen molar-refractivity contribution in [3.63, 3.8) is 0 Å². The Labute approximate surface area is 143 Å². The molecule has 0 atom stereocenters. The monoisotopic (exact) mass is 326 g/mol. The summed E-state index contributed by atoms with van der Waals surface area (Å²) in [6, 6.07) is 8.89. The molecule has 0 radical (unpaired) electrons. The lowest BCUT2D eigenvalue weighted by molar-refractivity contribution is 0.222. The molecule has 5 nitrogen and oxygen atoms in total. The number of hydrogen-bond donors (Lipinski definition) is 0. The van der Waals surface area contributed by atoms with Crippen molar-refractivity contribution in [2.75, 3.05) is 26.2 Å². The van der Waals surface area contributed by atoms with E-state index in [1.807, 2.05) is 0 Å². The summed E-state index contributed by atoms with van der Waals surface area (Å²) in [5.74, 6) is 2.27. The summed E-state index contributed by atoms with van der Waals surface area (Å²) in [6.07, 6.45) is 3.63. The first-order valence-electron chi connectivity index (χ1n) is 9.09. The molecule has 0 spiro atoms. The van der Waals surface area contributed by atoms with Gasteiger partial charge in [-0.05, 0) is 44.8 Å². The molecule has 0 unspecified atom stereocenters. The topological polar surface area (TPSA) is 45.4 Å². The van der Waals surface area contributed by atoms with Crippen LogP contribution >= 0.6 is 0 Å². The first-order chi connectivity index (χ1) is 11.8. The maximum absolute atomic E-state index is 5.43. The normalized spacial score (nSPS) is 20.2. The van der Waals surface area contributed by atoms with Gasteiger partial charge < -0.3 is 4.52 Å². The quantitative estimate of drug-likeness (QED) is 0.845. The zero-order chi connectivity index (χ0) is 16.4. The van der Waals surface area contributed by atoms with E-state index >= 15 is 0 Å². The Morgan fingerprint density at radius 1 is 1.00 bits per heavy atom. The largest absolute Gasteiger partial charge is 0.338 e. The van der Waals surface area contributed by atoms with Crippen LogP contribution in [0.3, 0.4) is 0 Å².